The van der Waals surface area contributed by atoms with E-state index in [1.54, 1.807) is 7.11 Å². The summed E-state index contributed by atoms with van der Waals surface area (Å²) in [7, 11) is 1.68. The molecule has 20 heavy (non-hydrogen) atoms. The Balaban J connectivity index is 2.08. The summed E-state index contributed by atoms with van der Waals surface area (Å²) in [5.74, 6) is 0. The second kappa shape index (κ2) is 6.68. The summed E-state index contributed by atoms with van der Waals surface area (Å²) in [6.07, 6.45) is 0.0752. The maximum Gasteiger partial charge on any atom is 0.0845 e. The zero-order valence-corrected chi connectivity index (χ0v) is 12.3. The maximum atomic E-state index is 10.4. The third kappa shape index (κ3) is 3.46. The topological polar surface area (TPSA) is 47.3 Å². The van der Waals surface area contributed by atoms with E-state index in [1.165, 1.54) is 0 Å². The van der Waals surface area contributed by atoms with Crippen LogP contribution in [0, 0.1) is 6.92 Å². The first-order valence-electron chi connectivity index (χ1n) is 6.93. The molecule has 0 radical (unpaired) electrons. The highest BCUT2D eigenvalue weighted by atomic mass is 16.5. The summed E-state index contributed by atoms with van der Waals surface area (Å²) >= 11 is 0. The largest absolute Gasteiger partial charge is 0.388 e. The fourth-order valence-electron chi connectivity index (χ4n) is 2.36. The Morgan fingerprint density at radius 3 is 2.60 bits per heavy atom. The molecule has 1 heterocycles. The molecule has 0 aliphatic carbocycles. The van der Waals surface area contributed by atoms with Gasteiger partial charge in [-0.1, -0.05) is 24.3 Å². The molecular formula is C16H22N2O2. The molecule has 0 aliphatic rings. The zero-order chi connectivity index (χ0) is 14.5. The van der Waals surface area contributed by atoms with E-state index in [0.717, 1.165) is 29.1 Å². The van der Waals surface area contributed by atoms with Crippen LogP contribution in [0.3, 0.4) is 0 Å². The number of methoxy groups -OCH3 is 1. The van der Waals surface area contributed by atoms with E-state index in [9.17, 15) is 5.11 Å². The van der Waals surface area contributed by atoms with Gasteiger partial charge in [-0.15, -0.1) is 0 Å². The molecule has 1 aromatic carbocycles. The van der Waals surface area contributed by atoms with Gasteiger partial charge >= 0.3 is 0 Å². The number of rotatable bonds is 6. The molecule has 1 N–H and O–H groups in total. The second-order valence-corrected chi connectivity index (χ2v) is 4.99. The van der Waals surface area contributed by atoms with E-state index in [4.69, 9.17) is 4.74 Å². The molecule has 0 amide bonds. The van der Waals surface area contributed by atoms with Crippen molar-refractivity contribution in [3.8, 4) is 0 Å². The molecule has 0 bridgehead atoms. The van der Waals surface area contributed by atoms with Crippen molar-refractivity contribution >= 4 is 0 Å². The summed E-state index contributed by atoms with van der Waals surface area (Å²) in [4.78, 5) is 0. The van der Waals surface area contributed by atoms with Gasteiger partial charge < -0.3 is 9.84 Å². The quantitative estimate of drug-likeness (QED) is 0.881. The van der Waals surface area contributed by atoms with Crippen LogP contribution >= 0.6 is 0 Å². The molecule has 4 nitrogen and oxygen atoms in total. The fraction of sp³-hybridized carbons (Fsp3) is 0.438. The number of aryl methyl sites for hydroxylation is 2. The molecule has 0 fully saturated rings. The van der Waals surface area contributed by atoms with Crippen LogP contribution in [0.25, 0.3) is 0 Å². The lowest BCUT2D eigenvalue weighted by Gasteiger charge is -2.12. The smallest absolute Gasteiger partial charge is 0.0845 e. The lowest BCUT2D eigenvalue weighted by molar-refractivity contribution is 0.174. The van der Waals surface area contributed by atoms with Crippen LogP contribution in [0.15, 0.2) is 30.3 Å². The van der Waals surface area contributed by atoms with E-state index in [0.29, 0.717) is 13.0 Å². The minimum Gasteiger partial charge on any atom is -0.388 e. The van der Waals surface area contributed by atoms with Crippen molar-refractivity contribution in [3.05, 3.63) is 52.8 Å². The predicted octanol–water partition coefficient (Wildman–Crippen LogP) is 2.63. The average Bonchev–Trinajstić information content (AvgIpc) is 2.80. The molecule has 0 saturated heterocycles. The molecule has 108 valence electrons. The van der Waals surface area contributed by atoms with Gasteiger partial charge in [0.25, 0.3) is 0 Å². The number of hydrogen-bond acceptors (Lipinski definition) is 3. The van der Waals surface area contributed by atoms with Crippen molar-refractivity contribution in [3.63, 3.8) is 0 Å². The van der Waals surface area contributed by atoms with Crippen LogP contribution in [0.5, 0.6) is 0 Å². The third-order valence-corrected chi connectivity index (χ3v) is 3.36. The Morgan fingerprint density at radius 2 is 2.00 bits per heavy atom. The Labute approximate surface area is 120 Å². The number of aliphatic hydroxyl groups excluding tert-OH is 1. The first kappa shape index (κ1) is 14.8. The molecule has 1 unspecified atom stereocenters. The molecule has 4 heteroatoms. The molecule has 2 aromatic rings. The van der Waals surface area contributed by atoms with Crippen LogP contribution < -0.4 is 0 Å². The van der Waals surface area contributed by atoms with Gasteiger partial charge in [-0.25, -0.2) is 0 Å². The van der Waals surface area contributed by atoms with Gasteiger partial charge in [-0.3, -0.25) is 4.68 Å². The van der Waals surface area contributed by atoms with Crippen LogP contribution in [0.1, 0.15) is 35.5 Å². The van der Waals surface area contributed by atoms with E-state index >= 15 is 0 Å². The first-order chi connectivity index (χ1) is 9.63. The Morgan fingerprint density at radius 1 is 1.30 bits per heavy atom. The zero-order valence-electron chi connectivity index (χ0n) is 12.3. The summed E-state index contributed by atoms with van der Waals surface area (Å²) in [5, 5.41) is 14.8. The SMILES string of the molecule is CCn1nc(C)cc1CC(O)c1ccc(COC)cc1. The molecule has 0 saturated carbocycles. The number of aliphatic hydroxyl groups is 1. The summed E-state index contributed by atoms with van der Waals surface area (Å²) in [6, 6.07) is 9.93. The van der Waals surface area contributed by atoms with E-state index < -0.39 is 6.10 Å². The van der Waals surface area contributed by atoms with Crippen molar-refractivity contribution in [2.45, 2.75) is 39.5 Å². The normalized spacial score (nSPS) is 12.6. The third-order valence-electron chi connectivity index (χ3n) is 3.36. The number of hydrogen-bond donors (Lipinski definition) is 1. The van der Waals surface area contributed by atoms with Gasteiger partial charge in [0.15, 0.2) is 0 Å². The monoisotopic (exact) mass is 274 g/mol. The standard InChI is InChI=1S/C16H22N2O2/c1-4-18-15(9-12(2)17-18)10-16(19)14-7-5-13(6-8-14)11-20-3/h5-9,16,19H,4,10-11H2,1-3H3. The van der Waals surface area contributed by atoms with Crippen molar-refractivity contribution in [2.24, 2.45) is 0 Å². The molecule has 0 aliphatic heterocycles. The highest BCUT2D eigenvalue weighted by Crippen LogP contribution is 2.19. The molecule has 1 atom stereocenters. The van der Waals surface area contributed by atoms with Gasteiger partial charge in [0.2, 0.25) is 0 Å². The minimum atomic E-state index is -0.506. The minimum absolute atomic E-state index is 0.506. The van der Waals surface area contributed by atoms with Gasteiger partial charge in [0.05, 0.1) is 18.4 Å². The number of benzene rings is 1. The summed E-state index contributed by atoms with van der Waals surface area (Å²) in [6.45, 7) is 5.45. The van der Waals surface area contributed by atoms with Crippen molar-refractivity contribution < 1.29 is 9.84 Å². The van der Waals surface area contributed by atoms with Gasteiger partial charge in [0.1, 0.15) is 0 Å². The van der Waals surface area contributed by atoms with E-state index in [1.807, 2.05) is 41.9 Å². The predicted molar refractivity (Wildman–Crippen MR) is 78.5 cm³/mol. The highest BCUT2D eigenvalue weighted by Gasteiger charge is 2.12. The van der Waals surface area contributed by atoms with Crippen LogP contribution in [0.4, 0.5) is 0 Å². The van der Waals surface area contributed by atoms with Crippen LogP contribution in [0.2, 0.25) is 0 Å². The van der Waals surface area contributed by atoms with Crippen molar-refractivity contribution in [1.82, 2.24) is 9.78 Å². The fourth-order valence-corrected chi connectivity index (χ4v) is 2.36. The second-order valence-electron chi connectivity index (χ2n) is 4.99. The summed E-state index contributed by atoms with van der Waals surface area (Å²) < 4.78 is 7.03. The van der Waals surface area contributed by atoms with Crippen LogP contribution in [-0.4, -0.2) is 22.0 Å². The van der Waals surface area contributed by atoms with Gasteiger partial charge in [-0.05, 0) is 31.0 Å². The maximum absolute atomic E-state index is 10.4. The number of nitrogens with zero attached hydrogens (tertiary/aromatic N) is 2. The lowest BCUT2D eigenvalue weighted by Crippen LogP contribution is -2.08. The summed E-state index contributed by atoms with van der Waals surface area (Å²) in [5.41, 5.74) is 4.09. The Kier molecular flexibility index (Phi) is 4.93. The molecule has 2 rings (SSSR count). The molecule has 0 spiro atoms. The van der Waals surface area contributed by atoms with E-state index in [2.05, 4.69) is 12.0 Å². The molecule has 1 aromatic heterocycles. The average molecular weight is 274 g/mol. The first-order valence-corrected chi connectivity index (χ1v) is 6.93. The number of ether oxygens (including phenoxy) is 1. The van der Waals surface area contributed by atoms with Gasteiger partial charge in [0, 0.05) is 25.8 Å². The number of aromatic nitrogens is 2. The molecular weight excluding hydrogens is 252 g/mol. The van der Waals surface area contributed by atoms with E-state index in [-0.39, 0.29) is 0 Å². The highest BCUT2D eigenvalue weighted by molar-refractivity contribution is 5.25. The van der Waals surface area contributed by atoms with Gasteiger partial charge in [-0.2, -0.15) is 5.10 Å². The van der Waals surface area contributed by atoms with Crippen LogP contribution in [-0.2, 0) is 24.3 Å². The Hall–Kier alpha value is -1.65. The van der Waals surface area contributed by atoms with Crippen molar-refractivity contribution in [1.29, 1.82) is 0 Å². The Bertz CT molecular complexity index is 546. The lowest BCUT2D eigenvalue weighted by atomic mass is 10.0. The van der Waals surface area contributed by atoms with Crippen molar-refractivity contribution in [2.75, 3.05) is 7.11 Å².